The molecule has 0 saturated heterocycles. The average molecular weight is 425 g/mol. The highest BCUT2D eigenvalue weighted by molar-refractivity contribution is 7.15. The third-order valence-electron chi connectivity index (χ3n) is 4.46. The molecule has 0 bridgehead atoms. The van der Waals surface area contributed by atoms with Gasteiger partial charge < -0.3 is 9.47 Å². The van der Waals surface area contributed by atoms with Gasteiger partial charge in [0.15, 0.2) is 0 Å². The zero-order valence-electron chi connectivity index (χ0n) is 16.1. The van der Waals surface area contributed by atoms with Gasteiger partial charge in [-0.05, 0) is 42.0 Å². The van der Waals surface area contributed by atoms with Gasteiger partial charge in [-0.1, -0.05) is 23.5 Å². The van der Waals surface area contributed by atoms with Crippen molar-refractivity contribution in [2.24, 2.45) is 0 Å². The molecular formula is C21H16FN3O4S. The van der Waals surface area contributed by atoms with Crippen LogP contribution in [0.15, 0.2) is 52.1 Å². The first-order valence-electron chi connectivity index (χ1n) is 8.89. The SMILES string of the molecule is COc1ccc(OC)c(C=c2sc3nc(=O)c(Cc4ccc(F)cc4)nn3c2=O)c1. The van der Waals surface area contributed by atoms with Crippen LogP contribution >= 0.6 is 11.3 Å². The van der Waals surface area contributed by atoms with E-state index in [2.05, 4.69) is 10.1 Å². The lowest BCUT2D eigenvalue weighted by molar-refractivity contribution is 0.402. The molecule has 0 aliphatic rings. The van der Waals surface area contributed by atoms with Crippen molar-refractivity contribution < 1.29 is 13.9 Å². The third kappa shape index (κ3) is 3.79. The van der Waals surface area contributed by atoms with E-state index in [-0.39, 0.29) is 22.9 Å². The van der Waals surface area contributed by atoms with Gasteiger partial charge in [0.05, 0.1) is 18.8 Å². The predicted molar refractivity (Wildman–Crippen MR) is 111 cm³/mol. The van der Waals surface area contributed by atoms with E-state index < -0.39 is 11.1 Å². The lowest BCUT2D eigenvalue weighted by Crippen LogP contribution is -2.28. The van der Waals surface area contributed by atoms with Crippen LogP contribution in [0.2, 0.25) is 0 Å². The summed E-state index contributed by atoms with van der Waals surface area (Å²) in [6.07, 6.45) is 1.79. The van der Waals surface area contributed by atoms with Gasteiger partial charge >= 0.3 is 0 Å². The number of rotatable bonds is 5. The highest BCUT2D eigenvalue weighted by Crippen LogP contribution is 2.24. The molecule has 0 atom stereocenters. The number of methoxy groups -OCH3 is 2. The fourth-order valence-corrected chi connectivity index (χ4v) is 3.84. The van der Waals surface area contributed by atoms with Crippen LogP contribution in [-0.4, -0.2) is 28.8 Å². The van der Waals surface area contributed by atoms with Crippen LogP contribution in [0.4, 0.5) is 4.39 Å². The summed E-state index contributed by atoms with van der Waals surface area (Å²) < 4.78 is 25.1. The molecule has 0 aliphatic heterocycles. The molecule has 0 radical (unpaired) electrons. The molecule has 0 unspecified atom stereocenters. The summed E-state index contributed by atoms with van der Waals surface area (Å²) in [6, 6.07) is 11.0. The number of benzene rings is 2. The Morgan fingerprint density at radius 1 is 1.10 bits per heavy atom. The zero-order chi connectivity index (χ0) is 21.3. The van der Waals surface area contributed by atoms with Gasteiger partial charge in [0, 0.05) is 12.0 Å². The maximum Gasteiger partial charge on any atom is 0.296 e. The summed E-state index contributed by atoms with van der Waals surface area (Å²) in [6.45, 7) is 0. The molecule has 0 amide bonds. The van der Waals surface area contributed by atoms with Gasteiger partial charge in [0.1, 0.15) is 23.0 Å². The Kier molecular flexibility index (Phi) is 5.28. The normalized spacial score (nSPS) is 11.8. The molecule has 2 aromatic heterocycles. The van der Waals surface area contributed by atoms with E-state index >= 15 is 0 Å². The molecule has 0 fully saturated rings. The van der Waals surface area contributed by atoms with E-state index in [0.717, 1.165) is 15.9 Å². The van der Waals surface area contributed by atoms with Gasteiger partial charge in [-0.25, -0.2) is 4.39 Å². The molecule has 30 heavy (non-hydrogen) atoms. The van der Waals surface area contributed by atoms with E-state index in [9.17, 15) is 14.0 Å². The number of thiazole rings is 1. The number of ether oxygens (including phenoxy) is 2. The monoisotopic (exact) mass is 425 g/mol. The largest absolute Gasteiger partial charge is 0.497 e. The number of hydrogen-bond donors (Lipinski definition) is 0. The molecule has 4 aromatic rings. The molecular weight excluding hydrogens is 409 g/mol. The molecule has 2 aromatic carbocycles. The van der Waals surface area contributed by atoms with Gasteiger partial charge in [-0.2, -0.15) is 14.6 Å². The minimum atomic E-state index is -0.522. The summed E-state index contributed by atoms with van der Waals surface area (Å²) in [5, 5.41) is 4.20. The number of halogens is 1. The van der Waals surface area contributed by atoms with E-state index in [0.29, 0.717) is 27.2 Å². The number of aromatic nitrogens is 3. The average Bonchev–Trinajstić information content (AvgIpc) is 3.04. The molecule has 2 heterocycles. The predicted octanol–water partition coefficient (Wildman–Crippen LogP) is 1.81. The van der Waals surface area contributed by atoms with Crippen molar-refractivity contribution in [3.63, 3.8) is 0 Å². The Labute approximate surface area is 173 Å². The molecule has 7 nitrogen and oxygen atoms in total. The van der Waals surface area contributed by atoms with Crippen LogP contribution in [0.25, 0.3) is 11.0 Å². The molecule has 0 aliphatic carbocycles. The first-order chi connectivity index (χ1) is 14.5. The number of fused-ring (bicyclic) bond motifs is 1. The summed E-state index contributed by atoms with van der Waals surface area (Å²) in [5.41, 5.74) is 0.534. The van der Waals surface area contributed by atoms with Gasteiger partial charge in [0.2, 0.25) is 4.96 Å². The Bertz CT molecular complexity index is 1400. The van der Waals surface area contributed by atoms with E-state index in [4.69, 9.17) is 9.47 Å². The second-order valence-corrected chi connectivity index (χ2v) is 7.39. The van der Waals surface area contributed by atoms with Gasteiger partial charge in [-0.15, -0.1) is 0 Å². The van der Waals surface area contributed by atoms with Crippen molar-refractivity contribution in [3.8, 4) is 11.5 Å². The van der Waals surface area contributed by atoms with Crippen LogP contribution in [0.5, 0.6) is 11.5 Å². The summed E-state index contributed by atoms with van der Waals surface area (Å²) in [5.74, 6) is 0.813. The highest BCUT2D eigenvalue weighted by Gasteiger charge is 2.12. The Morgan fingerprint density at radius 2 is 1.87 bits per heavy atom. The van der Waals surface area contributed by atoms with Crippen LogP contribution in [0.3, 0.4) is 0 Å². The molecule has 152 valence electrons. The smallest absolute Gasteiger partial charge is 0.296 e. The van der Waals surface area contributed by atoms with Crippen LogP contribution in [0, 0.1) is 5.82 Å². The van der Waals surface area contributed by atoms with Gasteiger partial charge in [-0.3, -0.25) is 9.59 Å². The van der Waals surface area contributed by atoms with Crippen LogP contribution < -0.4 is 25.1 Å². The lowest BCUT2D eigenvalue weighted by atomic mass is 10.1. The minimum Gasteiger partial charge on any atom is -0.497 e. The van der Waals surface area contributed by atoms with Crippen molar-refractivity contribution in [3.05, 3.63) is 90.3 Å². The molecule has 0 spiro atoms. The summed E-state index contributed by atoms with van der Waals surface area (Å²) in [4.78, 5) is 29.4. The van der Waals surface area contributed by atoms with E-state index in [1.54, 1.807) is 43.5 Å². The quantitative estimate of drug-likeness (QED) is 0.485. The molecule has 0 N–H and O–H groups in total. The molecule has 4 rings (SSSR count). The van der Waals surface area contributed by atoms with Crippen LogP contribution in [0.1, 0.15) is 16.8 Å². The summed E-state index contributed by atoms with van der Waals surface area (Å²) in [7, 11) is 3.08. The highest BCUT2D eigenvalue weighted by atomic mass is 32.1. The van der Waals surface area contributed by atoms with Crippen molar-refractivity contribution >= 4 is 22.4 Å². The minimum absolute atomic E-state index is 0.111. The first-order valence-corrected chi connectivity index (χ1v) is 9.71. The standard InChI is InChI=1S/C21H16FN3O4S/c1-28-15-7-8-17(29-2)13(10-15)11-18-20(27)25-21(30-18)23-19(26)16(24-25)9-12-3-5-14(22)6-4-12/h3-8,10-11H,9H2,1-2H3. The van der Waals surface area contributed by atoms with Gasteiger partial charge in [0.25, 0.3) is 11.1 Å². The van der Waals surface area contributed by atoms with E-state index in [1.807, 2.05) is 0 Å². The lowest BCUT2D eigenvalue weighted by Gasteiger charge is -2.06. The fraction of sp³-hybridized carbons (Fsp3) is 0.143. The molecule has 9 heteroatoms. The van der Waals surface area contributed by atoms with Crippen LogP contribution in [-0.2, 0) is 6.42 Å². The zero-order valence-corrected chi connectivity index (χ0v) is 16.9. The topological polar surface area (TPSA) is 82.8 Å². The van der Waals surface area contributed by atoms with Crippen molar-refractivity contribution in [2.45, 2.75) is 6.42 Å². The fourth-order valence-electron chi connectivity index (χ4n) is 2.94. The maximum absolute atomic E-state index is 13.1. The number of hydrogen-bond acceptors (Lipinski definition) is 7. The van der Waals surface area contributed by atoms with E-state index in [1.165, 1.54) is 19.2 Å². The Hall–Kier alpha value is -3.59. The second-order valence-electron chi connectivity index (χ2n) is 6.38. The second kappa shape index (κ2) is 8.03. The van der Waals surface area contributed by atoms with Crippen molar-refractivity contribution in [1.29, 1.82) is 0 Å². The number of nitrogens with zero attached hydrogens (tertiary/aromatic N) is 3. The summed E-state index contributed by atoms with van der Waals surface area (Å²) >= 11 is 1.06. The van der Waals surface area contributed by atoms with Crippen molar-refractivity contribution in [1.82, 2.24) is 14.6 Å². The van der Waals surface area contributed by atoms with Crippen molar-refractivity contribution in [2.75, 3.05) is 14.2 Å². The Balaban J connectivity index is 1.82. The molecule has 0 saturated carbocycles. The first kappa shape index (κ1) is 19.7. The maximum atomic E-state index is 13.1. The third-order valence-corrected chi connectivity index (χ3v) is 5.42. The Morgan fingerprint density at radius 3 is 2.57 bits per heavy atom.